The number of hydrogen-bond acceptors (Lipinski definition) is 8. The minimum atomic E-state index is -1.25. The van der Waals surface area contributed by atoms with Gasteiger partial charge in [-0.15, -0.1) is 0 Å². The number of nitro benzene ring substituents is 1. The maximum Gasteiger partial charge on any atom is 0.319 e. The molecule has 35 heavy (non-hydrogen) atoms. The van der Waals surface area contributed by atoms with Gasteiger partial charge < -0.3 is 15.4 Å². The molecule has 2 amide bonds. The van der Waals surface area contributed by atoms with Crippen LogP contribution in [-0.4, -0.2) is 35.6 Å². The molecular formula is C24H22N4O6S. The van der Waals surface area contributed by atoms with Crippen molar-refractivity contribution >= 4 is 40.9 Å². The van der Waals surface area contributed by atoms with Crippen LogP contribution in [0.4, 0.5) is 11.4 Å². The molecule has 0 aliphatic carbocycles. The van der Waals surface area contributed by atoms with E-state index in [0.717, 1.165) is 17.3 Å². The van der Waals surface area contributed by atoms with Crippen LogP contribution in [0.1, 0.15) is 22.6 Å². The molecule has 0 unspecified atom stereocenters. The summed E-state index contributed by atoms with van der Waals surface area (Å²) in [6, 6.07) is 13.3. The second-order valence-corrected chi connectivity index (χ2v) is 8.81. The summed E-state index contributed by atoms with van der Waals surface area (Å²) in [6.45, 7) is 3.52. The van der Waals surface area contributed by atoms with E-state index in [1.54, 1.807) is 19.1 Å². The predicted molar refractivity (Wildman–Crippen MR) is 129 cm³/mol. The summed E-state index contributed by atoms with van der Waals surface area (Å²) in [4.78, 5) is 48.2. The molecule has 0 saturated heterocycles. The van der Waals surface area contributed by atoms with E-state index in [0.29, 0.717) is 16.8 Å². The summed E-state index contributed by atoms with van der Waals surface area (Å²) in [5.74, 6) is -4.11. The average Bonchev–Trinajstić information content (AvgIpc) is 2.83. The van der Waals surface area contributed by atoms with E-state index in [9.17, 15) is 29.8 Å². The summed E-state index contributed by atoms with van der Waals surface area (Å²) < 4.78 is 4.82. The number of benzene rings is 2. The first-order valence-corrected chi connectivity index (χ1v) is 11.4. The van der Waals surface area contributed by atoms with E-state index in [1.807, 2.05) is 19.1 Å². The summed E-state index contributed by atoms with van der Waals surface area (Å²) in [5.41, 5.74) is 2.55. The minimum Gasteiger partial charge on any atom is -0.468 e. The van der Waals surface area contributed by atoms with Gasteiger partial charge >= 0.3 is 5.97 Å². The summed E-state index contributed by atoms with van der Waals surface area (Å²) in [5, 5.41) is 26.3. The van der Waals surface area contributed by atoms with Crippen LogP contribution in [-0.2, 0) is 19.1 Å². The lowest BCUT2D eigenvalue weighted by atomic mass is 9.78. The van der Waals surface area contributed by atoms with Gasteiger partial charge in [0.1, 0.15) is 5.92 Å². The van der Waals surface area contributed by atoms with Gasteiger partial charge in [0.05, 0.1) is 34.5 Å². The van der Waals surface area contributed by atoms with Crippen LogP contribution in [0.3, 0.4) is 0 Å². The Morgan fingerprint density at radius 1 is 1.23 bits per heavy atom. The lowest BCUT2D eigenvalue weighted by Crippen LogP contribution is -2.44. The first kappa shape index (κ1) is 25.5. The van der Waals surface area contributed by atoms with Gasteiger partial charge in [-0.05, 0) is 31.0 Å². The number of hydrogen-bond donors (Lipinski definition) is 2. The largest absolute Gasteiger partial charge is 0.468 e. The molecule has 0 radical (unpaired) electrons. The minimum absolute atomic E-state index is 0.0917. The van der Waals surface area contributed by atoms with Crippen LogP contribution in [0.15, 0.2) is 53.1 Å². The van der Waals surface area contributed by atoms with E-state index in [4.69, 9.17) is 4.74 Å². The number of carbonyl (C=O) groups is 3. The van der Waals surface area contributed by atoms with Crippen molar-refractivity contribution in [2.75, 3.05) is 18.2 Å². The quantitative estimate of drug-likeness (QED) is 0.257. The smallest absolute Gasteiger partial charge is 0.319 e. The van der Waals surface area contributed by atoms with Crippen molar-refractivity contribution in [3.8, 4) is 6.07 Å². The van der Waals surface area contributed by atoms with Crippen LogP contribution in [0.25, 0.3) is 0 Å². The average molecular weight is 495 g/mol. The molecule has 0 saturated carbocycles. The monoisotopic (exact) mass is 494 g/mol. The maximum atomic E-state index is 12.9. The molecule has 0 fully saturated rings. The van der Waals surface area contributed by atoms with Crippen LogP contribution < -0.4 is 10.6 Å². The Balaban J connectivity index is 1.86. The number of nitro groups is 1. The maximum absolute atomic E-state index is 12.9. The second kappa shape index (κ2) is 10.8. The number of nitrogens with one attached hydrogen (secondary N) is 2. The number of nitriles is 1. The Labute approximate surface area is 205 Å². The fraction of sp³-hybridized carbons (Fsp3) is 0.250. The Morgan fingerprint density at radius 3 is 2.49 bits per heavy atom. The number of non-ortho nitro benzene ring substituents is 1. The van der Waals surface area contributed by atoms with Crippen molar-refractivity contribution in [2.24, 2.45) is 5.92 Å². The summed E-state index contributed by atoms with van der Waals surface area (Å²) >= 11 is 0.951. The topological polar surface area (TPSA) is 151 Å². The van der Waals surface area contributed by atoms with Gasteiger partial charge in [0, 0.05) is 23.7 Å². The summed E-state index contributed by atoms with van der Waals surface area (Å²) in [6.07, 6.45) is 0. The van der Waals surface area contributed by atoms with Gasteiger partial charge in [-0.25, -0.2) is 0 Å². The van der Waals surface area contributed by atoms with Crippen LogP contribution in [0, 0.1) is 41.2 Å². The van der Waals surface area contributed by atoms with E-state index in [1.165, 1.54) is 25.3 Å². The number of anilines is 1. The molecule has 2 aromatic carbocycles. The lowest BCUT2D eigenvalue weighted by molar-refractivity contribution is -0.384. The van der Waals surface area contributed by atoms with Crippen molar-refractivity contribution in [3.05, 3.63) is 79.9 Å². The van der Waals surface area contributed by atoms with E-state index >= 15 is 0 Å². The number of carbonyl (C=O) groups excluding carboxylic acids is 3. The molecule has 3 rings (SSSR count). The molecule has 11 heteroatoms. The van der Waals surface area contributed by atoms with Crippen LogP contribution in [0.5, 0.6) is 0 Å². The third kappa shape index (κ3) is 5.67. The van der Waals surface area contributed by atoms with Gasteiger partial charge in [-0.1, -0.05) is 41.6 Å². The zero-order valence-corrected chi connectivity index (χ0v) is 20.0. The van der Waals surface area contributed by atoms with Gasteiger partial charge in [-0.2, -0.15) is 5.26 Å². The number of nitrogens with zero attached hydrogens (tertiary/aromatic N) is 2. The van der Waals surface area contributed by atoms with Crippen molar-refractivity contribution < 1.29 is 24.0 Å². The highest BCUT2D eigenvalue weighted by molar-refractivity contribution is 8.03. The normalized spacial score (nSPS) is 17.3. The molecule has 180 valence electrons. The molecule has 2 atom stereocenters. The predicted octanol–water partition coefficient (Wildman–Crippen LogP) is 3.32. The molecule has 2 N–H and O–H groups in total. The Morgan fingerprint density at radius 2 is 1.91 bits per heavy atom. The molecule has 0 spiro atoms. The molecule has 1 aliphatic heterocycles. The molecule has 2 aromatic rings. The highest BCUT2D eigenvalue weighted by Crippen LogP contribution is 2.40. The number of esters is 1. The zero-order chi connectivity index (χ0) is 25.7. The molecule has 1 heterocycles. The van der Waals surface area contributed by atoms with Crippen molar-refractivity contribution in [3.63, 3.8) is 0 Å². The standard InChI is InChI=1S/C24H22N4O6S/c1-13-4-6-15(7-5-13)20-17(11-25)23(27-22(30)21(20)24(31)34-3)35-12-19(29)26-18-9-8-16(28(32)33)10-14(18)2/h4-10,20-21H,12H2,1-3H3,(H,26,29)(H,27,30)/t20-,21+/m1/s1. The highest BCUT2D eigenvalue weighted by atomic mass is 32.2. The molecule has 1 aliphatic rings. The van der Waals surface area contributed by atoms with Crippen molar-refractivity contribution in [1.82, 2.24) is 5.32 Å². The van der Waals surface area contributed by atoms with Gasteiger partial charge in [-0.3, -0.25) is 24.5 Å². The van der Waals surface area contributed by atoms with E-state index in [2.05, 4.69) is 16.7 Å². The first-order valence-electron chi connectivity index (χ1n) is 10.4. The number of thioether (sulfide) groups is 1. The third-order valence-corrected chi connectivity index (χ3v) is 6.48. The number of methoxy groups -OCH3 is 1. The van der Waals surface area contributed by atoms with Gasteiger partial charge in [0.2, 0.25) is 11.8 Å². The van der Waals surface area contributed by atoms with E-state index in [-0.39, 0.29) is 22.0 Å². The molecule has 0 bridgehead atoms. The first-order chi connectivity index (χ1) is 16.7. The fourth-order valence-corrected chi connectivity index (χ4v) is 4.53. The molecule has 10 nitrogen and oxygen atoms in total. The molecular weight excluding hydrogens is 472 g/mol. The lowest BCUT2D eigenvalue weighted by Gasteiger charge is -2.31. The number of ether oxygens (including phenoxy) is 1. The van der Waals surface area contributed by atoms with Crippen LogP contribution >= 0.6 is 11.8 Å². The van der Waals surface area contributed by atoms with Crippen molar-refractivity contribution in [2.45, 2.75) is 19.8 Å². The Hall–Kier alpha value is -4.17. The summed E-state index contributed by atoms with van der Waals surface area (Å²) in [7, 11) is 1.17. The SMILES string of the molecule is COC(=O)[C@@H]1C(=O)NC(SCC(=O)Nc2ccc([N+](=O)[O-])cc2C)=C(C#N)[C@H]1c1ccc(C)cc1. The molecule has 0 aromatic heterocycles. The zero-order valence-electron chi connectivity index (χ0n) is 19.2. The number of rotatable bonds is 7. The van der Waals surface area contributed by atoms with Crippen LogP contribution in [0.2, 0.25) is 0 Å². The number of aryl methyl sites for hydroxylation is 2. The highest BCUT2D eigenvalue weighted by Gasteiger charge is 2.44. The fourth-order valence-electron chi connectivity index (χ4n) is 3.68. The number of amides is 2. The Bertz CT molecular complexity index is 1270. The van der Waals surface area contributed by atoms with Gasteiger partial charge in [0.15, 0.2) is 0 Å². The number of allylic oxidation sites excluding steroid dienone is 1. The van der Waals surface area contributed by atoms with Gasteiger partial charge in [0.25, 0.3) is 5.69 Å². The van der Waals surface area contributed by atoms with Crippen molar-refractivity contribution in [1.29, 1.82) is 5.26 Å². The second-order valence-electron chi connectivity index (χ2n) is 7.83. The third-order valence-electron chi connectivity index (χ3n) is 5.46. The Kier molecular flexibility index (Phi) is 7.88. The van der Waals surface area contributed by atoms with E-state index < -0.39 is 34.5 Å².